The molecule has 0 saturated carbocycles. The molecule has 0 heterocycles. The van der Waals surface area contributed by atoms with E-state index in [-0.39, 0.29) is 38.0 Å². The van der Waals surface area contributed by atoms with Gasteiger partial charge in [0.2, 0.25) is 0 Å². The number of ether oxygens (including phenoxy) is 4. The van der Waals surface area contributed by atoms with E-state index >= 15 is 0 Å². The van der Waals surface area contributed by atoms with Crippen LogP contribution in [-0.2, 0) is 41.6 Å². The van der Waals surface area contributed by atoms with Crippen LogP contribution in [0.2, 0.25) is 0 Å². The lowest BCUT2D eigenvalue weighted by atomic mass is 9.98. The number of methoxy groups -OCH3 is 2. The Morgan fingerprint density at radius 3 is 1.89 bits per heavy atom. The van der Waals surface area contributed by atoms with Crippen molar-refractivity contribution in [1.82, 2.24) is 9.80 Å². The van der Waals surface area contributed by atoms with Gasteiger partial charge in [0.1, 0.15) is 25.3 Å². The molecule has 0 N–H and O–H groups in total. The summed E-state index contributed by atoms with van der Waals surface area (Å²) >= 11 is 0. The van der Waals surface area contributed by atoms with Gasteiger partial charge in [-0.15, -0.1) is 0 Å². The molecule has 2 aromatic carbocycles. The van der Waals surface area contributed by atoms with Gasteiger partial charge in [0.05, 0.1) is 30.5 Å². The molecule has 0 aliphatic carbocycles. The second kappa shape index (κ2) is 19.4. The predicted octanol–water partition coefficient (Wildman–Crippen LogP) is 5.22. The zero-order valence-corrected chi connectivity index (χ0v) is 28.0. The average Bonchev–Trinajstić information content (AvgIpc) is 3.02. The number of rotatable bonds is 16. The zero-order chi connectivity index (χ0) is 34.2. The summed E-state index contributed by atoms with van der Waals surface area (Å²) in [4.78, 5) is 52.0. The predicted molar refractivity (Wildman–Crippen MR) is 170 cm³/mol. The zero-order valence-electron chi connectivity index (χ0n) is 28.0. The fraction of sp³-hybridized carbons (Fsp3) is 0.545. The Hall–Kier alpha value is -4.03. The molecule has 45 heavy (non-hydrogen) atoms. The molecule has 1 unspecified atom stereocenters. The fourth-order valence-electron chi connectivity index (χ4n) is 3.91. The van der Waals surface area contributed by atoms with Crippen LogP contribution in [0.3, 0.4) is 0 Å². The van der Waals surface area contributed by atoms with Gasteiger partial charge in [-0.05, 0) is 50.5 Å². The lowest BCUT2D eigenvalue weighted by molar-refractivity contribution is -0.384. The second-order valence-electron chi connectivity index (χ2n) is 11.4. The van der Waals surface area contributed by atoms with Crippen LogP contribution < -0.4 is 4.74 Å². The van der Waals surface area contributed by atoms with Crippen LogP contribution in [0.25, 0.3) is 0 Å². The average molecular weight is 632 g/mol. The van der Waals surface area contributed by atoms with E-state index in [9.17, 15) is 24.5 Å². The SMILES string of the molecule is CC.COC(=O)C(Cc1ccc([N+](=O)[O-])cc1)N(CCN(COC(=O)C(C)C)COC(=O)C(C)(C)C)Cc1ccc(OC)cc1. The van der Waals surface area contributed by atoms with Crippen molar-refractivity contribution in [3.63, 3.8) is 0 Å². The summed E-state index contributed by atoms with van der Waals surface area (Å²) in [7, 11) is 2.88. The van der Waals surface area contributed by atoms with Gasteiger partial charge >= 0.3 is 17.9 Å². The Kier molecular flexibility index (Phi) is 16.8. The molecule has 0 radical (unpaired) electrons. The molecule has 0 aliphatic rings. The molecule has 0 amide bonds. The molecule has 0 bridgehead atoms. The van der Waals surface area contributed by atoms with Crippen LogP contribution in [0, 0.1) is 21.4 Å². The third-order valence-electron chi connectivity index (χ3n) is 6.59. The lowest BCUT2D eigenvalue weighted by Crippen LogP contribution is -2.47. The number of hydrogen-bond donors (Lipinski definition) is 0. The summed E-state index contributed by atoms with van der Waals surface area (Å²) in [5, 5.41) is 11.1. The molecule has 2 rings (SSSR count). The maximum absolute atomic E-state index is 13.1. The van der Waals surface area contributed by atoms with Crippen molar-refractivity contribution >= 4 is 23.6 Å². The maximum atomic E-state index is 13.1. The van der Waals surface area contributed by atoms with E-state index in [0.29, 0.717) is 24.4 Å². The number of benzene rings is 2. The Morgan fingerprint density at radius 1 is 0.844 bits per heavy atom. The van der Waals surface area contributed by atoms with Gasteiger partial charge in [-0.3, -0.25) is 29.4 Å². The third-order valence-corrected chi connectivity index (χ3v) is 6.59. The van der Waals surface area contributed by atoms with E-state index in [1.165, 1.54) is 19.2 Å². The van der Waals surface area contributed by atoms with Gasteiger partial charge in [-0.2, -0.15) is 0 Å². The first-order chi connectivity index (χ1) is 21.2. The Balaban J connectivity index is 0.00000496. The molecule has 0 aromatic heterocycles. The molecule has 0 aliphatic heterocycles. The molecule has 1 atom stereocenters. The number of hydrogen-bond acceptors (Lipinski definition) is 11. The summed E-state index contributed by atoms with van der Waals surface area (Å²) in [6.07, 6.45) is 0.224. The monoisotopic (exact) mass is 631 g/mol. The fourth-order valence-corrected chi connectivity index (χ4v) is 3.91. The number of nitro benzene ring substituents is 1. The number of carbonyl (C=O) groups excluding carboxylic acids is 3. The van der Waals surface area contributed by atoms with E-state index in [1.54, 1.807) is 58.8 Å². The highest BCUT2D eigenvalue weighted by molar-refractivity contribution is 5.76. The topological polar surface area (TPSA) is 138 Å². The van der Waals surface area contributed by atoms with Crippen LogP contribution in [0.1, 0.15) is 59.6 Å². The van der Waals surface area contributed by atoms with E-state index in [1.807, 2.05) is 43.0 Å². The van der Waals surface area contributed by atoms with Gasteiger partial charge in [0.25, 0.3) is 5.69 Å². The van der Waals surface area contributed by atoms with E-state index in [0.717, 1.165) is 5.56 Å². The highest BCUT2D eigenvalue weighted by atomic mass is 16.6. The van der Waals surface area contributed by atoms with Crippen LogP contribution in [-0.4, -0.2) is 79.4 Å². The molecule has 0 saturated heterocycles. The normalized spacial score (nSPS) is 11.8. The summed E-state index contributed by atoms with van der Waals surface area (Å²) in [6.45, 7) is 13.4. The molecule has 0 spiro atoms. The van der Waals surface area contributed by atoms with Crippen LogP contribution in [0.5, 0.6) is 5.75 Å². The Bertz CT molecular complexity index is 1210. The Labute approximate surface area is 266 Å². The minimum absolute atomic E-state index is 0.0511. The highest BCUT2D eigenvalue weighted by Gasteiger charge is 2.29. The first-order valence-electron chi connectivity index (χ1n) is 15.0. The van der Waals surface area contributed by atoms with Crippen LogP contribution in [0.4, 0.5) is 5.69 Å². The molecule has 12 heteroatoms. The number of non-ortho nitro benzene ring substituents is 1. The maximum Gasteiger partial charge on any atom is 0.323 e. The molecule has 250 valence electrons. The quantitative estimate of drug-likeness (QED) is 0.0792. The second-order valence-corrected chi connectivity index (χ2v) is 11.4. The summed E-state index contributed by atoms with van der Waals surface area (Å²) in [5.74, 6) is -0.939. The summed E-state index contributed by atoms with van der Waals surface area (Å²) in [6, 6.07) is 12.7. The molecule has 12 nitrogen and oxygen atoms in total. The smallest absolute Gasteiger partial charge is 0.323 e. The van der Waals surface area contributed by atoms with Gasteiger partial charge in [-0.25, -0.2) is 4.90 Å². The Morgan fingerprint density at radius 2 is 1.40 bits per heavy atom. The first kappa shape index (κ1) is 39.0. The van der Waals surface area contributed by atoms with Crippen molar-refractivity contribution < 1.29 is 38.3 Å². The first-order valence-corrected chi connectivity index (χ1v) is 15.0. The van der Waals surface area contributed by atoms with E-state index in [4.69, 9.17) is 18.9 Å². The van der Waals surface area contributed by atoms with Crippen molar-refractivity contribution in [2.75, 3.05) is 40.8 Å². The van der Waals surface area contributed by atoms with Crippen molar-refractivity contribution in [2.45, 2.75) is 67.5 Å². The van der Waals surface area contributed by atoms with Crippen molar-refractivity contribution in [3.8, 4) is 5.75 Å². The largest absolute Gasteiger partial charge is 0.497 e. The van der Waals surface area contributed by atoms with E-state index < -0.39 is 34.3 Å². The molecule has 0 fully saturated rings. The van der Waals surface area contributed by atoms with Crippen LogP contribution >= 0.6 is 0 Å². The molecule has 2 aromatic rings. The van der Waals surface area contributed by atoms with Gasteiger partial charge < -0.3 is 18.9 Å². The van der Waals surface area contributed by atoms with Crippen molar-refractivity contribution in [2.24, 2.45) is 11.3 Å². The lowest BCUT2D eigenvalue weighted by Gasteiger charge is -2.32. The van der Waals surface area contributed by atoms with E-state index in [2.05, 4.69) is 0 Å². The highest BCUT2D eigenvalue weighted by Crippen LogP contribution is 2.20. The summed E-state index contributed by atoms with van der Waals surface area (Å²) in [5.41, 5.74) is 0.837. The number of esters is 3. The van der Waals surface area contributed by atoms with Gasteiger partial charge in [0.15, 0.2) is 0 Å². The van der Waals surface area contributed by atoms with Crippen LogP contribution in [0.15, 0.2) is 48.5 Å². The minimum Gasteiger partial charge on any atom is -0.497 e. The number of nitro groups is 1. The number of carbonyl (C=O) groups is 3. The van der Waals surface area contributed by atoms with Gasteiger partial charge in [0, 0.05) is 31.8 Å². The standard InChI is InChI=1S/C31H43N3O9.C2H6/c1-22(2)28(35)42-20-32(21-43-30(37)31(3,4)5)16-17-33(19-24-10-14-26(40-6)15-11-24)27(29(36)41-7)18-23-8-12-25(13-9-23)34(38)39;1-2/h8-15,22,27H,16-21H2,1-7H3;1-2H3. The van der Waals surface area contributed by atoms with Gasteiger partial charge in [-0.1, -0.05) is 52.0 Å². The van der Waals surface area contributed by atoms with Crippen molar-refractivity contribution in [1.29, 1.82) is 0 Å². The minimum atomic E-state index is -0.759. The van der Waals surface area contributed by atoms with Crippen molar-refractivity contribution in [3.05, 3.63) is 69.8 Å². The molecular weight excluding hydrogens is 582 g/mol. The third kappa shape index (κ3) is 13.7. The number of nitrogens with zero attached hydrogens (tertiary/aromatic N) is 3. The molecular formula is C33H49N3O9. The summed E-state index contributed by atoms with van der Waals surface area (Å²) < 4.78 is 21.4.